The molecule has 0 fully saturated rings. The summed E-state index contributed by atoms with van der Waals surface area (Å²) in [6.07, 6.45) is 0. The van der Waals surface area contributed by atoms with Gasteiger partial charge in [0.25, 0.3) is 0 Å². The molecular formula is C6H15IN2. The highest BCUT2D eigenvalue weighted by Gasteiger charge is 1.92. The first-order valence-electron chi connectivity index (χ1n) is 3.20. The molecule has 0 amide bonds. The monoisotopic (exact) mass is 242 g/mol. The quantitative estimate of drug-likeness (QED) is 0.560. The molecule has 1 N–H and O–H groups in total. The van der Waals surface area contributed by atoms with E-state index in [0.29, 0.717) is 0 Å². The Labute approximate surface area is 71.1 Å². The highest BCUT2D eigenvalue weighted by Crippen LogP contribution is 1.85. The minimum atomic E-state index is 1.09. The van der Waals surface area contributed by atoms with Crippen LogP contribution in [0.3, 0.4) is 0 Å². The van der Waals surface area contributed by atoms with Crippen molar-refractivity contribution in [3.05, 3.63) is 0 Å². The molecule has 0 aliphatic heterocycles. The van der Waals surface area contributed by atoms with Crippen LogP contribution in [0.15, 0.2) is 0 Å². The standard InChI is InChI=1S/C6H15IN2/c1-8-4-6-9(2)5-3-7/h8H,3-6H2,1-2H3. The van der Waals surface area contributed by atoms with Gasteiger partial charge in [-0.2, -0.15) is 0 Å². The van der Waals surface area contributed by atoms with Crippen molar-refractivity contribution in [2.45, 2.75) is 0 Å². The van der Waals surface area contributed by atoms with Crippen LogP contribution >= 0.6 is 22.6 Å². The Morgan fingerprint density at radius 2 is 2.11 bits per heavy atom. The van der Waals surface area contributed by atoms with E-state index in [1.165, 1.54) is 11.0 Å². The second-order valence-electron chi connectivity index (χ2n) is 2.10. The lowest BCUT2D eigenvalue weighted by molar-refractivity contribution is 0.358. The maximum absolute atomic E-state index is 3.11. The summed E-state index contributed by atoms with van der Waals surface area (Å²) in [6.45, 7) is 3.44. The fraction of sp³-hybridized carbons (Fsp3) is 1.00. The number of likely N-dealkylation sites (N-methyl/N-ethyl adjacent to an activating group) is 2. The van der Waals surface area contributed by atoms with Crippen LogP contribution in [0.1, 0.15) is 0 Å². The van der Waals surface area contributed by atoms with Gasteiger partial charge >= 0.3 is 0 Å². The lowest BCUT2D eigenvalue weighted by Gasteiger charge is -2.13. The maximum Gasteiger partial charge on any atom is 0.0123 e. The van der Waals surface area contributed by atoms with Gasteiger partial charge in [-0.1, -0.05) is 22.6 Å². The predicted molar refractivity (Wildman–Crippen MR) is 50.3 cm³/mol. The third-order valence-corrected chi connectivity index (χ3v) is 1.69. The van der Waals surface area contributed by atoms with Gasteiger partial charge in [0, 0.05) is 24.1 Å². The van der Waals surface area contributed by atoms with Crippen LogP contribution in [0.5, 0.6) is 0 Å². The van der Waals surface area contributed by atoms with Crippen LogP contribution in [0.25, 0.3) is 0 Å². The van der Waals surface area contributed by atoms with Crippen LogP contribution in [-0.2, 0) is 0 Å². The lowest BCUT2D eigenvalue weighted by Crippen LogP contribution is -2.28. The van der Waals surface area contributed by atoms with Gasteiger partial charge in [-0.05, 0) is 14.1 Å². The molecule has 0 unspecified atom stereocenters. The zero-order valence-electron chi connectivity index (χ0n) is 6.15. The molecule has 0 saturated heterocycles. The maximum atomic E-state index is 3.11. The summed E-state index contributed by atoms with van der Waals surface area (Å²) in [5, 5.41) is 3.11. The predicted octanol–water partition coefficient (Wildman–Crippen LogP) is 0.573. The molecule has 0 bridgehead atoms. The van der Waals surface area contributed by atoms with Crippen molar-refractivity contribution < 1.29 is 0 Å². The summed E-state index contributed by atoms with van der Waals surface area (Å²) >= 11 is 2.39. The van der Waals surface area contributed by atoms with E-state index in [9.17, 15) is 0 Å². The molecule has 9 heavy (non-hydrogen) atoms. The Balaban J connectivity index is 2.95. The molecule has 0 saturated carbocycles. The van der Waals surface area contributed by atoms with Crippen molar-refractivity contribution in [3.63, 3.8) is 0 Å². The molecule has 0 aromatic carbocycles. The molecule has 3 heteroatoms. The Morgan fingerprint density at radius 1 is 1.44 bits per heavy atom. The molecule has 0 aliphatic carbocycles. The molecule has 0 heterocycles. The van der Waals surface area contributed by atoms with Crippen LogP contribution in [0, 0.1) is 0 Å². The van der Waals surface area contributed by atoms with E-state index in [1.807, 2.05) is 7.05 Å². The van der Waals surface area contributed by atoms with Crippen molar-refractivity contribution in [1.29, 1.82) is 0 Å². The first-order chi connectivity index (χ1) is 4.31. The Morgan fingerprint density at radius 3 is 2.56 bits per heavy atom. The largest absolute Gasteiger partial charge is 0.318 e. The fourth-order valence-corrected chi connectivity index (χ4v) is 1.38. The van der Waals surface area contributed by atoms with Crippen molar-refractivity contribution in [2.75, 3.05) is 38.2 Å². The fourth-order valence-electron chi connectivity index (χ4n) is 0.559. The van der Waals surface area contributed by atoms with Crippen molar-refractivity contribution in [1.82, 2.24) is 10.2 Å². The molecular weight excluding hydrogens is 227 g/mol. The summed E-state index contributed by atoms with van der Waals surface area (Å²) in [5.74, 6) is 0. The van der Waals surface area contributed by atoms with Crippen LogP contribution in [-0.4, -0.2) is 43.1 Å². The second-order valence-corrected chi connectivity index (χ2v) is 3.17. The summed E-state index contributed by atoms with van der Waals surface area (Å²) < 4.78 is 1.22. The van der Waals surface area contributed by atoms with E-state index in [1.54, 1.807) is 0 Å². The lowest BCUT2D eigenvalue weighted by atomic mass is 10.5. The summed E-state index contributed by atoms with van der Waals surface area (Å²) in [6, 6.07) is 0. The van der Waals surface area contributed by atoms with Crippen LogP contribution in [0.2, 0.25) is 0 Å². The van der Waals surface area contributed by atoms with Gasteiger partial charge in [-0.3, -0.25) is 0 Å². The van der Waals surface area contributed by atoms with E-state index in [4.69, 9.17) is 0 Å². The van der Waals surface area contributed by atoms with Crippen LogP contribution in [0.4, 0.5) is 0 Å². The number of rotatable bonds is 5. The average molecular weight is 242 g/mol. The molecule has 56 valence electrons. The summed E-state index contributed by atoms with van der Waals surface area (Å²) in [4.78, 5) is 2.32. The Bertz CT molecular complexity index is 59.0. The van der Waals surface area contributed by atoms with Gasteiger partial charge in [0.2, 0.25) is 0 Å². The minimum absolute atomic E-state index is 1.09. The highest BCUT2D eigenvalue weighted by molar-refractivity contribution is 14.1. The third-order valence-electron chi connectivity index (χ3n) is 1.21. The van der Waals surface area contributed by atoms with E-state index < -0.39 is 0 Å². The Kier molecular flexibility index (Phi) is 7.25. The van der Waals surface area contributed by atoms with Crippen molar-refractivity contribution in [3.8, 4) is 0 Å². The molecule has 0 aromatic heterocycles. The van der Waals surface area contributed by atoms with Gasteiger partial charge in [-0.25, -0.2) is 0 Å². The van der Waals surface area contributed by atoms with E-state index in [0.717, 1.165) is 13.1 Å². The van der Waals surface area contributed by atoms with Crippen molar-refractivity contribution >= 4 is 22.6 Å². The van der Waals surface area contributed by atoms with E-state index in [2.05, 4.69) is 39.9 Å². The van der Waals surface area contributed by atoms with Crippen molar-refractivity contribution in [2.24, 2.45) is 0 Å². The molecule has 0 aliphatic rings. The average Bonchev–Trinajstić information content (AvgIpc) is 1.85. The molecule has 0 aromatic rings. The number of alkyl halides is 1. The summed E-state index contributed by atoms with van der Waals surface area (Å²) in [7, 11) is 4.13. The van der Waals surface area contributed by atoms with Gasteiger partial charge in [-0.15, -0.1) is 0 Å². The van der Waals surface area contributed by atoms with Gasteiger partial charge in [0.15, 0.2) is 0 Å². The highest BCUT2D eigenvalue weighted by atomic mass is 127. The number of halogens is 1. The first-order valence-corrected chi connectivity index (χ1v) is 4.73. The number of nitrogens with zero attached hydrogens (tertiary/aromatic N) is 1. The van der Waals surface area contributed by atoms with Gasteiger partial charge in [0.05, 0.1) is 0 Å². The second kappa shape index (κ2) is 6.77. The first kappa shape index (κ1) is 9.65. The molecule has 0 radical (unpaired) electrons. The van der Waals surface area contributed by atoms with Gasteiger partial charge < -0.3 is 10.2 Å². The number of hydrogen-bond donors (Lipinski definition) is 1. The molecule has 0 rings (SSSR count). The Hall–Kier alpha value is 0.650. The minimum Gasteiger partial charge on any atom is -0.318 e. The third kappa shape index (κ3) is 6.54. The summed E-state index contributed by atoms with van der Waals surface area (Å²) in [5.41, 5.74) is 0. The SMILES string of the molecule is CNCCN(C)CCI. The molecule has 2 nitrogen and oxygen atoms in total. The van der Waals surface area contributed by atoms with Crippen LogP contribution < -0.4 is 5.32 Å². The number of hydrogen-bond acceptors (Lipinski definition) is 2. The zero-order chi connectivity index (χ0) is 7.11. The normalized spacial score (nSPS) is 10.7. The van der Waals surface area contributed by atoms with E-state index in [-0.39, 0.29) is 0 Å². The topological polar surface area (TPSA) is 15.3 Å². The molecule has 0 atom stereocenters. The van der Waals surface area contributed by atoms with Gasteiger partial charge in [0.1, 0.15) is 0 Å². The molecule has 0 spiro atoms. The smallest absolute Gasteiger partial charge is 0.0123 e. The van der Waals surface area contributed by atoms with E-state index >= 15 is 0 Å². The number of nitrogens with one attached hydrogen (secondary N) is 1. The zero-order valence-corrected chi connectivity index (χ0v) is 8.31.